The zero-order valence-corrected chi connectivity index (χ0v) is 11.7. The first-order valence-electron chi connectivity index (χ1n) is 6.57. The molecule has 1 aliphatic carbocycles. The van der Waals surface area contributed by atoms with E-state index in [4.69, 9.17) is 5.11 Å². The fourth-order valence-corrected chi connectivity index (χ4v) is 2.66. The molecule has 0 aliphatic heterocycles. The van der Waals surface area contributed by atoms with Crippen molar-refractivity contribution in [3.8, 4) is 0 Å². The van der Waals surface area contributed by atoms with Crippen LogP contribution in [-0.2, 0) is 14.4 Å². The predicted octanol–water partition coefficient (Wildman–Crippen LogP) is 0.328. The lowest BCUT2D eigenvalue weighted by molar-refractivity contribution is -0.149. The van der Waals surface area contributed by atoms with Gasteiger partial charge in [-0.1, -0.05) is 13.3 Å². The molecule has 6 nitrogen and oxygen atoms in total. The zero-order valence-electron chi connectivity index (χ0n) is 11.7. The lowest BCUT2D eigenvalue weighted by atomic mass is 9.94. The molecule has 0 heterocycles. The maximum atomic E-state index is 12.2. The van der Waals surface area contributed by atoms with Crippen molar-refractivity contribution < 1.29 is 19.5 Å². The largest absolute Gasteiger partial charge is 0.481 e. The Balaban J connectivity index is 2.61. The Hall–Kier alpha value is -1.59. The molecule has 0 radical (unpaired) electrons. The van der Waals surface area contributed by atoms with Gasteiger partial charge >= 0.3 is 5.97 Å². The lowest BCUT2D eigenvalue weighted by Gasteiger charge is -2.25. The molecule has 1 aliphatic rings. The second-order valence-electron chi connectivity index (χ2n) is 5.22. The molecule has 2 N–H and O–H groups in total. The topological polar surface area (TPSA) is 86.7 Å². The van der Waals surface area contributed by atoms with Crippen molar-refractivity contribution in [3.63, 3.8) is 0 Å². The Bertz CT molecular complexity index is 370. The molecule has 2 amide bonds. The molecule has 1 rings (SSSR count). The highest BCUT2D eigenvalue weighted by Crippen LogP contribution is 2.33. The maximum absolute atomic E-state index is 12.2. The van der Waals surface area contributed by atoms with E-state index in [2.05, 4.69) is 5.32 Å². The van der Waals surface area contributed by atoms with Gasteiger partial charge in [0.1, 0.15) is 0 Å². The summed E-state index contributed by atoms with van der Waals surface area (Å²) in [5, 5.41) is 11.6. The Labute approximate surface area is 113 Å². The summed E-state index contributed by atoms with van der Waals surface area (Å²) in [5.74, 6) is -2.52. The number of nitrogens with zero attached hydrogens (tertiary/aromatic N) is 1. The first kappa shape index (κ1) is 15.5. The fraction of sp³-hybridized carbons (Fsp3) is 0.769. The van der Waals surface area contributed by atoms with Crippen LogP contribution in [0, 0.1) is 17.8 Å². The molecule has 0 aromatic carbocycles. The number of carboxylic acid groups (broad SMARTS) is 1. The average Bonchev–Trinajstić information content (AvgIpc) is 2.85. The van der Waals surface area contributed by atoms with Gasteiger partial charge in [-0.25, -0.2) is 0 Å². The highest BCUT2D eigenvalue weighted by molar-refractivity contribution is 5.86. The van der Waals surface area contributed by atoms with E-state index in [0.29, 0.717) is 19.4 Å². The normalized spacial score (nSPS) is 23.7. The molecule has 3 atom stereocenters. The van der Waals surface area contributed by atoms with Gasteiger partial charge in [0.25, 0.3) is 0 Å². The van der Waals surface area contributed by atoms with Gasteiger partial charge < -0.3 is 15.3 Å². The maximum Gasteiger partial charge on any atom is 0.307 e. The summed E-state index contributed by atoms with van der Waals surface area (Å²) in [6.07, 6.45) is 1.95. The zero-order chi connectivity index (χ0) is 14.6. The summed E-state index contributed by atoms with van der Waals surface area (Å²) in [6.45, 7) is 2.05. The number of rotatable bonds is 5. The number of carboxylic acids is 1. The first-order chi connectivity index (χ1) is 8.88. The Morgan fingerprint density at radius 3 is 2.42 bits per heavy atom. The van der Waals surface area contributed by atoms with Crippen molar-refractivity contribution in [2.75, 3.05) is 20.6 Å². The molecule has 1 saturated carbocycles. The highest BCUT2D eigenvalue weighted by Gasteiger charge is 2.39. The van der Waals surface area contributed by atoms with Gasteiger partial charge in [0.2, 0.25) is 11.8 Å². The number of hydrogen-bond acceptors (Lipinski definition) is 3. The molecule has 0 bridgehead atoms. The van der Waals surface area contributed by atoms with E-state index in [9.17, 15) is 14.4 Å². The van der Waals surface area contributed by atoms with Crippen LogP contribution in [0.15, 0.2) is 0 Å². The minimum Gasteiger partial charge on any atom is -0.481 e. The summed E-state index contributed by atoms with van der Waals surface area (Å²) >= 11 is 0. The summed E-state index contributed by atoms with van der Waals surface area (Å²) in [5.41, 5.74) is 0. The SMILES string of the molecule is CNC(=O)C(C)CN(C)C(=O)C1CCCC1C(=O)O. The standard InChI is InChI=1S/C13H22N2O4/c1-8(11(16)14-2)7-15(3)12(17)9-5-4-6-10(9)13(18)19/h8-10H,4-7H2,1-3H3,(H,14,16)(H,18,19). The first-order valence-corrected chi connectivity index (χ1v) is 6.57. The molecule has 0 aromatic heterocycles. The molecule has 19 heavy (non-hydrogen) atoms. The third-order valence-corrected chi connectivity index (χ3v) is 3.77. The summed E-state index contributed by atoms with van der Waals surface area (Å²) < 4.78 is 0. The van der Waals surface area contributed by atoms with Crippen molar-refractivity contribution in [1.82, 2.24) is 10.2 Å². The quantitative estimate of drug-likeness (QED) is 0.753. The molecule has 0 saturated heterocycles. The molecule has 1 fully saturated rings. The predicted molar refractivity (Wildman–Crippen MR) is 69.3 cm³/mol. The van der Waals surface area contributed by atoms with Gasteiger partial charge in [-0.15, -0.1) is 0 Å². The fourth-order valence-electron chi connectivity index (χ4n) is 2.66. The molecule has 108 valence electrons. The molecular formula is C13H22N2O4. The second-order valence-corrected chi connectivity index (χ2v) is 5.22. The van der Waals surface area contributed by atoms with Crippen molar-refractivity contribution in [2.24, 2.45) is 17.8 Å². The minimum absolute atomic E-state index is 0.124. The molecule has 0 aromatic rings. The number of carbonyl (C=O) groups excluding carboxylic acids is 2. The van der Waals surface area contributed by atoms with Crippen LogP contribution in [-0.4, -0.2) is 48.4 Å². The molecule has 6 heteroatoms. The minimum atomic E-state index is -0.899. The van der Waals surface area contributed by atoms with Gasteiger partial charge in [0.15, 0.2) is 0 Å². The third-order valence-electron chi connectivity index (χ3n) is 3.77. The third kappa shape index (κ3) is 3.68. The number of amides is 2. The van der Waals surface area contributed by atoms with Crippen LogP contribution >= 0.6 is 0 Å². The van der Waals surface area contributed by atoms with Crippen LogP contribution in [0.1, 0.15) is 26.2 Å². The van der Waals surface area contributed by atoms with Crippen LogP contribution in [0.5, 0.6) is 0 Å². The van der Waals surface area contributed by atoms with E-state index >= 15 is 0 Å². The van der Waals surface area contributed by atoms with Crippen LogP contribution in [0.2, 0.25) is 0 Å². The molecular weight excluding hydrogens is 248 g/mol. The smallest absolute Gasteiger partial charge is 0.307 e. The van der Waals surface area contributed by atoms with Gasteiger partial charge in [0, 0.05) is 20.6 Å². The van der Waals surface area contributed by atoms with Crippen LogP contribution in [0.3, 0.4) is 0 Å². The van der Waals surface area contributed by atoms with E-state index in [1.165, 1.54) is 4.90 Å². The summed E-state index contributed by atoms with van der Waals surface area (Å²) in [6, 6.07) is 0. The van der Waals surface area contributed by atoms with E-state index in [0.717, 1.165) is 6.42 Å². The van der Waals surface area contributed by atoms with Gasteiger partial charge in [0.05, 0.1) is 17.8 Å². The molecule has 3 unspecified atom stereocenters. The van der Waals surface area contributed by atoms with E-state index in [1.54, 1.807) is 21.0 Å². The van der Waals surface area contributed by atoms with Gasteiger partial charge in [-0.3, -0.25) is 14.4 Å². The second kappa shape index (κ2) is 6.54. The van der Waals surface area contributed by atoms with Gasteiger partial charge in [-0.05, 0) is 12.8 Å². The highest BCUT2D eigenvalue weighted by atomic mass is 16.4. The van der Waals surface area contributed by atoms with Crippen LogP contribution in [0.4, 0.5) is 0 Å². The number of nitrogens with one attached hydrogen (secondary N) is 1. The number of aliphatic carboxylic acids is 1. The molecule has 0 spiro atoms. The van der Waals surface area contributed by atoms with Gasteiger partial charge in [-0.2, -0.15) is 0 Å². The Kier molecular flexibility index (Phi) is 5.32. The van der Waals surface area contributed by atoms with Crippen LogP contribution in [0.25, 0.3) is 0 Å². The van der Waals surface area contributed by atoms with Crippen molar-refractivity contribution in [3.05, 3.63) is 0 Å². The summed E-state index contributed by atoms with van der Waals surface area (Å²) in [7, 11) is 3.18. The van der Waals surface area contributed by atoms with E-state index in [-0.39, 0.29) is 17.7 Å². The van der Waals surface area contributed by atoms with Crippen molar-refractivity contribution in [1.29, 1.82) is 0 Å². The van der Waals surface area contributed by atoms with E-state index in [1.807, 2.05) is 0 Å². The number of carbonyl (C=O) groups is 3. The van der Waals surface area contributed by atoms with Crippen LogP contribution < -0.4 is 5.32 Å². The van der Waals surface area contributed by atoms with E-state index < -0.39 is 17.8 Å². The Morgan fingerprint density at radius 1 is 1.32 bits per heavy atom. The Morgan fingerprint density at radius 2 is 1.89 bits per heavy atom. The summed E-state index contributed by atoms with van der Waals surface area (Å²) in [4.78, 5) is 36.2. The number of hydrogen-bond donors (Lipinski definition) is 2. The average molecular weight is 270 g/mol. The van der Waals surface area contributed by atoms with Crippen molar-refractivity contribution in [2.45, 2.75) is 26.2 Å². The van der Waals surface area contributed by atoms with Crippen molar-refractivity contribution >= 4 is 17.8 Å². The monoisotopic (exact) mass is 270 g/mol. The lowest BCUT2D eigenvalue weighted by Crippen LogP contribution is -2.41.